The standard InChI is InChI=1S/C12H20N2O2.H2/c1-8(2)6-5-7-13-9-10(14(3)4)12(16)11(9)15;/h8,13H,5-7H2,1-4H3;1H. The second-order valence-electron chi connectivity index (χ2n) is 4.74. The molecule has 0 heterocycles. The van der Waals surface area contributed by atoms with E-state index in [9.17, 15) is 9.59 Å². The van der Waals surface area contributed by atoms with Crippen LogP contribution in [0, 0.1) is 5.92 Å². The number of hydrogen-bond acceptors (Lipinski definition) is 4. The molecule has 0 bridgehead atoms. The van der Waals surface area contributed by atoms with Crippen LogP contribution in [0.5, 0.6) is 0 Å². The highest BCUT2D eigenvalue weighted by Gasteiger charge is 2.21. The largest absolute Gasteiger partial charge is 0.380 e. The lowest BCUT2D eigenvalue weighted by Gasteiger charge is -2.19. The highest BCUT2D eigenvalue weighted by atomic mass is 16.2. The summed E-state index contributed by atoms with van der Waals surface area (Å²) in [5, 5.41) is 3.05. The fraction of sp³-hybridized carbons (Fsp3) is 0.667. The minimum Gasteiger partial charge on any atom is -0.380 e. The smallest absolute Gasteiger partial charge is 0.253 e. The van der Waals surface area contributed by atoms with Crippen molar-refractivity contribution in [1.29, 1.82) is 0 Å². The zero-order valence-corrected chi connectivity index (χ0v) is 10.5. The van der Waals surface area contributed by atoms with Crippen LogP contribution in [0.2, 0.25) is 0 Å². The molecule has 92 valence electrons. The molecule has 0 saturated heterocycles. The van der Waals surface area contributed by atoms with Crippen LogP contribution in [0.15, 0.2) is 9.59 Å². The lowest BCUT2D eigenvalue weighted by Crippen LogP contribution is -2.40. The Labute approximate surface area is 97.4 Å². The van der Waals surface area contributed by atoms with E-state index < -0.39 is 0 Å². The van der Waals surface area contributed by atoms with Crippen LogP contribution in [0.4, 0.5) is 11.4 Å². The van der Waals surface area contributed by atoms with E-state index in [0.29, 0.717) is 17.3 Å². The second kappa shape index (κ2) is 5.14. The minimum atomic E-state index is -0.381. The molecular formula is C12H22N2O2. The molecule has 0 atom stereocenters. The molecule has 0 aliphatic rings. The monoisotopic (exact) mass is 226 g/mol. The summed E-state index contributed by atoms with van der Waals surface area (Å²) in [6.07, 6.45) is 2.14. The number of anilines is 2. The first kappa shape index (κ1) is 12.7. The number of nitrogens with zero attached hydrogens (tertiary/aromatic N) is 1. The van der Waals surface area contributed by atoms with E-state index in [1.54, 1.807) is 19.0 Å². The molecule has 4 heteroatoms. The van der Waals surface area contributed by atoms with Gasteiger partial charge in [-0.1, -0.05) is 13.8 Å². The maximum Gasteiger partial charge on any atom is 0.253 e. The fourth-order valence-corrected chi connectivity index (χ4v) is 1.69. The molecule has 0 aromatic heterocycles. The Hall–Kier alpha value is -1.32. The summed E-state index contributed by atoms with van der Waals surface area (Å²) in [4.78, 5) is 24.3. The van der Waals surface area contributed by atoms with E-state index in [4.69, 9.17) is 0 Å². The van der Waals surface area contributed by atoms with Crippen molar-refractivity contribution in [3.8, 4) is 0 Å². The van der Waals surface area contributed by atoms with E-state index in [2.05, 4.69) is 19.2 Å². The van der Waals surface area contributed by atoms with Gasteiger partial charge in [-0.05, 0) is 18.8 Å². The first-order chi connectivity index (χ1) is 7.45. The molecule has 4 nitrogen and oxygen atoms in total. The van der Waals surface area contributed by atoms with Gasteiger partial charge in [-0.2, -0.15) is 0 Å². The SMILES string of the molecule is CC(C)CCCNc1c(N(C)C)c(=O)c1=O.[HH]. The maximum absolute atomic E-state index is 11.3. The highest BCUT2D eigenvalue weighted by molar-refractivity contribution is 5.74. The molecule has 1 aromatic rings. The van der Waals surface area contributed by atoms with Crippen LogP contribution in [0.1, 0.15) is 28.1 Å². The molecule has 0 radical (unpaired) electrons. The van der Waals surface area contributed by atoms with Gasteiger partial charge in [0.1, 0.15) is 11.4 Å². The Kier molecular flexibility index (Phi) is 4.10. The van der Waals surface area contributed by atoms with Crippen LogP contribution < -0.4 is 21.1 Å². The first-order valence-electron chi connectivity index (χ1n) is 5.69. The molecule has 0 aliphatic carbocycles. The Morgan fingerprint density at radius 1 is 1.25 bits per heavy atom. The molecule has 0 amide bonds. The van der Waals surface area contributed by atoms with Crippen molar-refractivity contribution >= 4 is 11.4 Å². The first-order valence-corrected chi connectivity index (χ1v) is 5.69. The van der Waals surface area contributed by atoms with Gasteiger partial charge in [-0.15, -0.1) is 0 Å². The Morgan fingerprint density at radius 3 is 2.38 bits per heavy atom. The van der Waals surface area contributed by atoms with E-state index >= 15 is 0 Å². The molecule has 1 N–H and O–H groups in total. The van der Waals surface area contributed by atoms with Gasteiger partial charge in [0.25, 0.3) is 10.9 Å². The summed E-state index contributed by atoms with van der Waals surface area (Å²) in [6.45, 7) is 5.09. The summed E-state index contributed by atoms with van der Waals surface area (Å²) in [5.41, 5.74) is 0.234. The van der Waals surface area contributed by atoms with Crippen molar-refractivity contribution in [3.05, 3.63) is 20.4 Å². The van der Waals surface area contributed by atoms with E-state index in [-0.39, 0.29) is 12.3 Å². The van der Waals surface area contributed by atoms with Gasteiger partial charge in [0.05, 0.1) is 0 Å². The summed E-state index contributed by atoms with van der Waals surface area (Å²) >= 11 is 0. The van der Waals surface area contributed by atoms with Gasteiger partial charge in [0.2, 0.25) is 0 Å². The lowest BCUT2D eigenvalue weighted by atomic mass is 10.1. The molecule has 0 unspecified atom stereocenters. The van der Waals surface area contributed by atoms with E-state index in [1.807, 2.05) is 0 Å². The summed E-state index contributed by atoms with van der Waals surface area (Å²) < 4.78 is 0. The third-order valence-electron chi connectivity index (χ3n) is 2.59. The van der Waals surface area contributed by atoms with Crippen molar-refractivity contribution in [2.45, 2.75) is 26.7 Å². The van der Waals surface area contributed by atoms with Crippen molar-refractivity contribution in [2.24, 2.45) is 5.92 Å². The average molecular weight is 226 g/mol. The van der Waals surface area contributed by atoms with E-state index in [0.717, 1.165) is 19.4 Å². The quantitative estimate of drug-likeness (QED) is 0.589. The average Bonchev–Trinajstić information content (AvgIpc) is 2.20. The third-order valence-corrected chi connectivity index (χ3v) is 2.59. The molecule has 0 aliphatic heterocycles. The van der Waals surface area contributed by atoms with Crippen LogP contribution in [0.3, 0.4) is 0 Å². The Balaban J connectivity index is 0.00000256. The van der Waals surface area contributed by atoms with Crippen molar-refractivity contribution in [3.63, 3.8) is 0 Å². The lowest BCUT2D eigenvalue weighted by molar-refractivity contribution is 0.567. The van der Waals surface area contributed by atoms with Crippen LogP contribution >= 0.6 is 0 Å². The highest BCUT2D eigenvalue weighted by Crippen LogP contribution is 2.17. The molecule has 1 aromatic carbocycles. The predicted octanol–water partition coefficient (Wildman–Crippen LogP) is 1.44. The minimum absolute atomic E-state index is 0. The van der Waals surface area contributed by atoms with Gasteiger partial charge in [0, 0.05) is 22.1 Å². The van der Waals surface area contributed by atoms with Crippen LogP contribution in [-0.2, 0) is 0 Å². The zero-order valence-electron chi connectivity index (χ0n) is 10.5. The predicted molar refractivity (Wildman–Crippen MR) is 70.4 cm³/mol. The summed E-state index contributed by atoms with van der Waals surface area (Å²) in [6, 6.07) is 0. The Morgan fingerprint density at radius 2 is 1.88 bits per heavy atom. The molecule has 0 fully saturated rings. The van der Waals surface area contributed by atoms with Crippen molar-refractivity contribution < 1.29 is 1.43 Å². The van der Waals surface area contributed by atoms with Crippen molar-refractivity contribution in [1.82, 2.24) is 0 Å². The molecule has 16 heavy (non-hydrogen) atoms. The van der Waals surface area contributed by atoms with Crippen LogP contribution in [0.25, 0.3) is 0 Å². The molecule has 0 saturated carbocycles. The normalized spacial score (nSPS) is 11.1. The second-order valence-corrected chi connectivity index (χ2v) is 4.74. The fourth-order valence-electron chi connectivity index (χ4n) is 1.69. The third kappa shape index (κ3) is 2.62. The Bertz CT molecular complexity index is 420. The number of hydrogen-bond donors (Lipinski definition) is 1. The summed E-state index contributed by atoms with van der Waals surface area (Å²) in [5.74, 6) is 0.669. The van der Waals surface area contributed by atoms with Crippen LogP contribution in [-0.4, -0.2) is 20.6 Å². The van der Waals surface area contributed by atoms with Gasteiger partial charge in [-0.25, -0.2) is 0 Å². The van der Waals surface area contributed by atoms with Crippen molar-refractivity contribution in [2.75, 3.05) is 30.9 Å². The van der Waals surface area contributed by atoms with Gasteiger partial charge in [-0.3, -0.25) is 9.59 Å². The summed E-state index contributed by atoms with van der Waals surface area (Å²) in [7, 11) is 3.55. The zero-order chi connectivity index (χ0) is 12.3. The molecule has 0 spiro atoms. The maximum atomic E-state index is 11.3. The number of nitrogens with one attached hydrogen (secondary N) is 1. The van der Waals surface area contributed by atoms with E-state index in [1.165, 1.54) is 0 Å². The van der Waals surface area contributed by atoms with Gasteiger partial charge >= 0.3 is 0 Å². The molecular weight excluding hydrogens is 204 g/mol. The topological polar surface area (TPSA) is 49.4 Å². The molecule has 1 rings (SSSR count). The van der Waals surface area contributed by atoms with Gasteiger partial charge in [0.15, 0.2) is 0 Å². The van der Waals surface area contributed by atoms with Gasteiger partial charge < -0.3 is 10.2 Å². The number of rotatable bonds is 6.